The average Bonchev–Trinajstić information content (AvgIpc) is 2.51. The van der Waals surface area contributed by atoms with E-state index in [0.717, 1.165) is 10.0 Å². The van der Waals surface area contributed by atoms with Gasteiger partial charge in [0.25, 0.3) is 0 Å². The molecular weight excluding hydrogens is 246 g/mol. The summed E-state index contributed by atoms with van der Waals surface area (Å²) in [7, 11) is 0. The summed E-state index contributed by atoms with van der Waals surface area (Å²) in [6, 6.07) is 5.43. The van der Waals surface area contributed by atoms with Gasteiger partial charge in [-0.3, -0.25) is 0 Å². The van der Waals surface area contributed by atoms with E-state index < -0.39 is 0 Å². The summed E-state index contributed by atoms with van der Waals surface area (Å²) in [5.41, 5.74) is 7.15. The highest BCUT2D eigenvalue weighted by Crippen LogP contribution is 2.28. The number of nitrogens with two attached hydrogens (primary N) is 1. The van der Waals surface area contributed by atoms with E-state index >= 15 is 0 Å². The fourth-order valence-electron chi connectivity index (χ4n) is 1.11. The zero-order chi connectivity index (χ0) is 10.1. The number of aryl methyl sites for hydroxylation is 1. The van der Waals surface area contributed by atoms with Crippen molar-refractivity contribution in [2.24, 2.45) is 0 Å². The van der Waals surface area contributed by atoms with Gasteiger partial charge in [0.2, 0.25) is 11.8 Å². The van der Waals surface area contributed by atoms with Crippen molar-refractivity contribution in [1.29, 1.82) is 0 Å². The molecule has 0 aliphatic heterocycles. The zero-order valence-electron chi connectivity index (χ0n) is 7.49. The van der Waals surface area contributed by atoms with E-state index in [1.807, 2.05) is 6.07 Å². The van der Waals surface area contributed by atoms with Crippen LogP contribution in [0.4, 0.5) is 5.69 Å². The lowest BCUT2D eigenvalue weighted by molar-refractivity contribution is 0.532. The molecule has 0 unspecified atom stereocenters. The summed E-state index contributed by atoms with van der Waals surface area (Å²) in [5, 5.41) is 7.68. The van der Waals surface area contributed by atoms with Gasteiger partial charge < -0.3 is 10.2 Å². The van der Waals surface area contributed by atoms with Gasteiger partial charge in [0.05, 0.1) is 5.56 Å². The van der Waals surface area contributed by atoms with Crippen LogP contribution in [0.5, 0.6) is 0 Å². The zero-order valence-corrected chi connectivity index (χ0v) is 9.08. The van der Waals surface area contributed by atoms with Gasteiger partial charge in [-0.25, -0.2) is 0 Å². The second kappa shape index (κ2) is 3.42. The fraction of sp³-hybridized carbons (Fsp3) is 0.111. The first-order valence-electron chi connectivity index (χ1n) is 4.02. The van der Waals surface area contributed by atoms with Gasteiger partial charge in [0.1, 0.15) is 0 Å². The quantitative estimate of drug-likeness (QED) is 0.793. The van der Waals surface area contributed by atoms with Gasteiger partial charge in [0.15, 0.2) is 0 Å². The topological polar surface area (TPSA) is 64.9 Å². The minimum Gasteiger partial charge on any atom is -0.421 e. The van der Waals surface area contributed by atoms with Gasteiger partial charge in [-0.1, -0.05) is 0 Å². The number of hydrogen-bond acceptors (Lipinski definition) is 4. The maximum absolute atomic E-state index is 5.61. The third-order valence-electron chi connectivity index (χ3n) is 1.75. The predicted octanol–water partition coefficient (Wildman–Crippen LogP) is 2.39. The largest absolute Gasteiger partial charge is 0.421 e. The molecule has 0 aliphatic carbocycles. The Hall–Kier alpha value is -1.36. The van der Waals surface area contributed by atoms with Crippen LogP contribution in [0.2, 0.25) is 0 Å². The van der Waals surface area contributed by atoms with E-state index in [0.29, 0.717) is 17.5 Å². The van der Waals surface area contributed by atoms with E-state index in [2.05, 4.69) is 26.1 Å². The van der Waals surface area contributed by atoms with Crippen molar-refractivity contribution in [3.05, 3.63) is 28.6 Å². The van der Waals surface area contributed by atoms with Crippen molar-refractivity contribution in [3.63, 3.8) is 0 Å². The van der Waals surface area contributed by atoms with Crippen LogP contribution in [0.15, 0.2) is 27.1 Å². The van der Waals surface area contributed by atoms with E-state index in [1.54, 1.807) is 19.1 Å². The van der Waals surface area contributed by atoms with Crippen LogP contribution < -0.4 is 5.73 Å². The molecule has 5 heteroatoms. The number of anilines is 1. The maximum atomic E-state index is 5.61. The van der Waals surface area contributed by atoms with Crippen LogP contribution >= 0.6 is 15.9 Å². The molecule has 0 bridgehead atoms. The Morgan fingerprint density at radius 3 is 2.71 bits per heavy atom. The summed E-state index contributed by atoms with van der Waals surface area (Å²) in [6.45, 7) is 1.75. The number of hydrogen-bond donors (Lipinski definition) is 1. The average molecular weight is 254 g/mol. The Balaban J connectivity index is 2.52. The van der Waals surface area contributed by atoms with E-state index in [-0.39, 0.29) is 0 Å². The molecule has 2 aromatic rings. The normalized spacial score (nSPS) is 10.4. The maximum Gasteiger partial charge on any atom is 0.248 e. The molecule has 2 N–H and O–H groups in total. The molecule has 0 saturated carbocycles. The molecule has 0 radical (unpaired) electrons. The highest BCUT2D eigenvalue weighted by Gasteiger charge is 2.09. The molecule has 14 heavy (non-hydrogen) atoms. The standard InChI is InChI=1S/C9H8BrN3O/c1-5-12-13-9(14-5)7-3-2-6(11)4-8(7)10/h2-4H,11H2,1H3. The van der Waals surface area contributed by atoms with Gasteiger partial charge in [0, 0.05) is 17.1 Å². The Kier molecular flexibility index (Phi) is 2.25. The Labute approximate surface area is 89.3 Å². The van der Waals surface area contributed by atoms with Gasteiger partial charge in [-0.05, 0) is 34.1 Å². The van der Waals surface area contributed by atoms with Gasteiger partial charge >= 0.3 is 0 Å². The predicted molar refractivity (Wildman–Crippen MR) is 56.6 cm³/mol. The van der Waals surface area contributed by atoms with Crippen molar-refractivity contribution >= 4 is 21.6 Å². The molecule has 1 heterocycles. The highest BCUT2D eigenvalue weighted by molar-refractivity contribution is 9.10. The summed E-state index contributed by atoms with van der Waals surface area (Å²) in [6.07, 6.45) is 0. The molecule has 4 nitrogen and oxygen atoms in total. The second-order valence-corrected chi connectivity index (χ2v) is 3.72. The van der Waals surface area contributed by atoms with Crippen molar-refractivity contribution in [2.75, 3.05) is 5.73 Å². The smallest absolute Gasteiger partial charge is 0.248 e. The lowest BCUT2D eigenvalue weighted by Gasteiger charge is -1.99. The Morgan fingerprint density at radius 1 is 1.36 bits per heavy atom. The fourth-order valence-corrected chi connectivity index (χ4v) is 1.68. The first kappa shape index (κ1) is 9.21. The third-order valence-corrected chi connectivity index (χ3v) is 2.41. The van der Waals surface area contributed by atoms with Crippen LogP contribution in [0, 0.1) is 6.92 Å². The van der Waals surface area contributed by atoms with Crippen LogP contribution in [0.3, 0.4) is 0 Å². The van der Waals surface area contributed by atoms with Crippen LogP contribution in [-0.2, 0) is 0 Å². The Morgan fingerprint density at radius 2 is 2.14 bits per heavy atom. The van der Waals surface area contributed by atoms with E-state index in [9.17, 15) is 0 Å². The molecule has 1 aromatic heterocycles. The van der Waals surface area contributed by atoms with Gasteiger partial charge in [-0.2, -0.15) is 0 Å². The molecular formula is C9H8BrN3O. The number of benzene rings is 1. The number of aromatic nitrogens is 2. The Bertz CT molecular complexity index is 467. The molecule has 0 spiro atoms. The molecule has 72 valence electrons. The molecule has 0 fully saturated rings. The molecule has 0 atom stereocenters. The molecule has 0 aliphatic rings. The lowest BCUT2D eigenvalue weighted by Crippen LogP contribution is -1.86. The van der Waals surface area contributed by atoms with Gasteiger partial charge in [-0.15, -0.1) is 10.2 Å². The molecule has 1 aromatic carbocycles. The summed E-state index contributed by atoms with van der Waals surface area (Å²) in [4.78, 5) is 0. The van der Waals surface area contributed by atoms with Crippen LogP contribution in [0.1, 0.15) is 5.89 Å². The molecule has 0 amide bonds. The molecule has 0 saturated heterocycles. The monoisotopic (exact) mass is 253 g/mol. The van der Waals surface area contributed by atoms with Crippen LogP contribution in [0.25, 0.3) is 11.5 Å². The number of halogens is 1. The van der Waals surface area contributed by atoms with E-state index in [4.69, 9.17) is 10.2 Å². The van der Waals surface area contributed by atoms with Crippen LogP contribution in [-0.4, -0.2) is 10.2 Å². The molecule has 2 rings (SSSR count). The highest BCUT2D eigenvalue weighted by atomic mass is 79.9. The number of nitrogens with zero attached hydrogens (tertiary/aromatic N) is 2. The minimum atomic E-state index is 0.495. The SMILES string of the molecule is Cc1nnc(-c2ccc(N)cc2Br)o1. The number of nitrogen functional groups attached to an aromatic ring is 1. The summed E-state index contributed by atoms with van der Waals surface area (Å²) in [5.74, 6) is 1.04. The number of rotatable bonds is 1. The van der Waals surface area contributed by atoms with Crippen molar-refractivity contribution in [1.82, 2.24) is 10.2 Å². The van der Waals surface area contributed by atoms with Crippen molar-refractivity contribution < 1.29 is 4.42 Å². The summed E-state index contributed by atoms with van der Waals surface area (Å²) >= 11 is 3.39. The first-order chi connectivity index (χ1) is 6.66. The lowest BCUT2D eigenvalue weighted by atomic mass is 10.2. The van der Waals surface area contributed by atoms with Crippen molar-refractivity contribution in [3.8, 4) is 11.5 Å². The van der Waals surface area contributed by atoms with E-state index in [1.165, 1.54) is 0 Å². The first-order valence-corrected chi connectivity index (χ1v) is 4.81. The third kappa shape index (κ3) is 1.63. The van der Waals surface area contributed by atoms with Crippen molar-refractivity contribution in [2.45, 2.75) is 6.92 Å². The summed E-state index contributed by atoms with van der Waals surface area (Å²) < 4.78 is 6.15. The minimum absolute atomic E-state index is 0.495. The second-order valence-electron chi connectivity index (χ2n) is 2.87.